The summed E-state index contributed by atoms with van der Waals surface area (Å²) < 4.78 is 1.74. The molecule has 0 aromatic heterocycles. The van der Waals surface area contributed by atoms with Crippen LogP contribution in [0.5, 0.6) is 0 Å². The van der Waals surface area contributed by atoms with E-state index in [1.807, 2.05) is 18.2 Å². The van der Waals surface area contributed by atoms with E-state index < -0.39 is 29.9 Å². The molecule has 5 aliphatic heterocycles. The molecule has 3 atom stereocenters. The number of amides is 2. The van der Waals surface area contributed by atoms with Gasteiger partial charge in [0.15, 0.2) is 12.3 Å². The summed E-state index contributed by atoms with van der Waals surface area (Å²) in [5.41, 5.74) is 10.4. The largest absolute Gasteiger partial charge is 1.00 e. The van der Waals surface area contributed by atoms with Crippen LogP contribution in [0, 0.1) is 5.92 Å². The third-order valence-corrected chi connectivity index (χ3v) is 10.3. The Kier molecular flexibility index (Phi) is 6.62. The van der Waals surface area contributed by atoms with Gasteiger partial charge in [0.2, 0.25) is 5.91 Å². The number of aliphatic hydroxyl groups is 1. The molecule has 2 aromatic carbocycles. The second-order valence-corrected chi connectivity index (χ2v) is 12.6. The van der Waals surface area contributed by atoms with Crippen molar-refractivity contribution >= 4 is 29.1 Å². The lowest BCUT2D eigenvalue weighted by Crippen LogP contribution is -3.00. The van der Waals surface area contributed by atoms with Gasteiger partial charge in [0.1, 0.15) is 45.8 Å². The lowest BCUT2D eigenvalue weighted by atomic mass is 9.82. The van der Waals surface area contributed by atoms with E-state index in [9.17, 15) is 29.4 Å². The van der Waals surface area contributed by atoms with Crippen LogP contribution in [-0.4, -0.2) is 100 Å². The average molecular weight is 593 g/mol. The molecule has 2 amide bonds. The number of hydrogen-bond donors (Lipinski definition) is 2. The lowest BCUT2D eigenvalue weighted by molar-refractivity contribution is -1.08. The average Bonchev–Trinajstić information content (AvgIpc) is 3.41. The molecule has 6 aliphatic rings. The Morgan fingerprint density at radius 2 is 1.62 bits per heavy atom. The number of fused-ring (bicyclic) bond motifs is 7. The van der Waals surface area contributed by atoms with E-state index in [-0.39, 0.29) is 29.8 Å². The Balaban J connectivity index is 0.00000316. The van der Waals surface area contributed by atoms with Crippen LogP contribution in [0.3, 0.4) is 0 Å². The number of β-lactam (4-membered cyclic amide) rings is 1. The van der Waals surface area contributed by atoms with Crippen molar-refractivity contribution in [2.24, 2.45) is 11.7 Å². The molecule has 0 radical (unpaired) electrons. The molecule has 10 nitrogen and oxygen atoms in total. The maximum atomic E-state index is 13.5. The fourth-order valence-electron chi connectivity index (χ4n) is 8.06. The molecule has 42 heavy (non-hydrogen) atoms. The van der Waals surface area contributed by atoms with Crippen LogP contribution in [0.25, 0.3) is 16.7 Å². The molecule has 0 spiro atoms. The lowest BCUT2D eigenvalue weighted by Gasteiger charge is -2.55. The number of carboxylic acids is 1. The predicted molar refractivity (Wildman–Crippen MR) is 145 cm³/mol. The second-order valence-electron chi connectivity index (χ2n) is 12.6. The van der Waals surface area contributed by atoms with Crippen molar-refractivity contribution in [2.75, 3.05) is 45.8 Å². The van der Waals surface area contributed by atoms with Crippen molar-refractivity contribution in [1.82, 2.24) is 4.90 Å². The van der Waals surface area contributed by atoms with Crippen LogP contribution in [0.2, 0.25) is 0 Å². The molecule has 4 saturated heterocycles. The van der Waals surface area contributed by atoms with Gasteiger partial charge in [-0.15, -0.1) is 0 Å². The molecule has 1 aliphatic carbocycles. The van der Waals surface area contributed by atoms with Crippen molar-refractivity contribution in [3.8, 4) is 11.1 Å². The molecule has 8 rings (SSSR count). The van der Waals surface area contributed by atoms with Gasteiger partial charge >= 0.3 is 0 Å². The fraction of sp³-hybridized carbons (Fsp3) is 0.419. The predicted octanol–water partition coefficient (Wildman–Crippen LogP) is -3.38. The topological polar surface area (TPSA) is 141 Å². The Labute approximate surface area is 249 Å². The Morgan fingerprint density at radius 1 is 0.976 bits per heavy atom. The number of hydrogen-bond acceptors (Lipinski definition) is 6. The van der Waals surface area contributed by atoms with E-state index in [1.54, 1.807) is 19.1 Å². The highest BCUT2D eigenvalue weighted by molar-refractivity contribution is 6.22. The van der Waals surface area contributed by atoms with E-state index in [1.165, 1.54) is 4.90 Å². The van der Waals surface area contributed by atoms with Crippen molar-refractivity contribution in [3.63, 3.8) is 0 Å². The van der Waals surface area contributed by atoms with E-state index in [4.69, 9.17) is 5.73 Å². The number of rotatable bonds is 7. The van der Waals surface area contributed by atoms with E-state index in [0.717, 1.165) is 71.5 Å². The van der Waals surface area contributed by atoms with Gasteiger partial charge in [-0.1, -0.05) is 18.2 Å². The summed E-state index contributed by atoms with van der Waals surface area (Å²) in [5.74, 6) is -2.75. The minimum Gasteiger partial charge on any atom is -1.00 e. The van der Waals surface area contributed by atoms with Crippen molar-refractivity contribution in [2.45, 2.75) is 32.0 Å². The zero-order chi connectivity index (χ0) is 28.8. The van der Waals surface area contributed by atoms with Gasteiger partial charge in [0, 0.05) is 16.7 Å². The molecule has 3 N–H and O–H groups in total. The first-order valence-corrected chi connectivity index (χ1v) is 14.3. The minimum absolute atomic E-state index is 0. The first-order chi connectivity index (χ1) is 19.5. The zero-order valence-corrected chi connectivity index (χ0v) is 24.1. The molecule has 0 saturated carbocycles. The van der Waals surface area contributed by atoms with Gasteiger partial charge in [0.05, 0.1) is 29.7 Å². The summed E-state index contributed by atoms with van der Waals surface area (Å²) in [5, 5.41) is 22.2. The first kappa shape index (κ1) is 28.5. The summed E-state index contributed by atoms with van der Waals surface area (Å²) in [4.78, 5) is 51.0. The number of aliphatic carboxylic acids is 1. The summed E-state index contributed by atoms with van der Waals surface area (Å²) in [7, 11) is 0. The third-order valence-electron chi connectivity index (χ3n) is 10.3. The second kappa shape index (κ2) is 9.74. The summed E-state index contributed by atoms with van der Waals surface area (Å²) in [6.45, 7) is 8.53. The van der Waals surface area contributed by atoms with Gasteiger partial charge in [-0.2, -0.15) is 0 Å². The molecule has 11 heteroatoms. The summed E-state index contributed by atoms with van der Waals surface area (Å²) >= 11 is 0. The number of nitrogens with two attached hydrogens (primary N) is 1. The number of aliphatic hydroxyl groups excluding tert-OH is 1. The van der Waals surface area contributed by atoms with E-state index in [0.29, 0.717) is 35.2 Å². The highest BCUT2D eigenvalue weighted by Crippen LogP contribution is 2.48. The van der Waals surface area contributed by atoms with Crippen LogP contribution in [0.4, 0.5) is 0 Å². The maximum absolute atomic E-state index is 13.5. The highest BCUT2D eigenvalue weighted by atomic mass is 35.5. The SMILES string of the molecule is C[C@@H](O)[C@H]1C(=O)N2C(C(=O)[O-])=C(c3ccc4c(c3)-c3ccc(C[N+]56CC[N+](CC(N)=O)(CC5)CC6)cc3C4=O)C[C@H]12.[Cl-]. The Hall–Kier alpha value is -3.57. The van der Waals surface area contributed by atoms with Gasteiger partial charge in [-0.05, 0) is 53.8 Å². The van der Waals surface area contributed by atoms with Crippen molar-refractivity contribution < 1.29 is 50.8 Å². The molecule has 5 heterocycles. The third kappa shape index (κ3) is 4.11. The quantitative estimate of drug-likeness (QED) is 0.217. The van der Waals surface area contributed by atoms with Crippen LogP contribution >= 0.6 is 0 Å². The maximum Gasteiger partial charge on any atom is 0.272 e. The number of piperazine rings is 3. The number of carbonyl (C=O) groups is 4. The molecule has 220 valence electrons. The molecular formula is C31H33ClN4O6. The number of nitrogens with zero attached hydrogens (tertiary/aromatic N) is 3. The van der Waals surface area contributed by atoms with Crippen LogP contribution in [-0.2, 0) is 20.9 Å². The van der Waals surface area contributed by atoms with Gasteiger partial charge < -0.3 is 47.0 Å². The molecule has 2 bridgehead atoms. The molecular weight excluding hydrogens is 560 g/mol. The summed E-state index contributed by atoms with van der Waals surface area (Å²) in [6.07, 6.45) is -0.565. The molecule has 0 unspecified atom stereocenters. The zero-order valence-electron chi connectivity index (χ0n) is 23.3. The number of carboxylic acid groups (broad SMARTS) is 1. The number of halogens is 1. The standard InChI is InChI=1S/C31H32N4O6.ClH/c1-17(36)27-25-14-22(28(31(40)41)33(25)30(27)39)19-3-5-21-23(13-19)20-4-2-18(12-24(20)29(21)38)15-34-6-9-35(10-7-34,11-8-34)16-26(32)37;/h2-5,12-13,17,25,27,36H,6-11,14-16H2,1H3,(H-2,32,37,40,41);1H/t17-,25-,27-,34?,35?;/m1./s1. The Bertz CT molecular complexity index is 1580. The number of carbonyl (C=O) groups excluding carboxylic acids is 4. The van der Waals surface area contributed by atoms with Gasteiger partial charge in [-0.25, -0.2) is 0 Å². The number of benzene rings is 2. The molecule has 4 fully saturated rings. The normalized spacial score (nSPS) is 29.4. The monoisotopic (exact) mass is 592 g/mol. The van der Waals surface area contributed by atoms with Crippen LogP contribution < -0.4 is 23.2 Å². The van der Waals surface area contributed by atoms with E-state index in [2.05, 4.69) is 6.07 Å². The minimum atomic E-state index is -1.42. The first-order valence-electron chi connectivity index (χ1n) is 14.3. The number of ketones is 1. The summed E-state index contributed by atoms with van der Waals surface area (Å²) in [6, 6.07) is 11.0. The van der Waals surface area contributed by atoms with Gasteiger partial charge in [-0.3, -0.25) is 14.4 Å². The number of quaternary nitrogens is 2. The van der Waals surface area contributed by atoms with E-state index >= 15 is 0 Å². The van der Waals surface area contributed by atoms with Crippen molar-refractivity contribution in [1.29, 1.82) is 0 Å². The highest BCUT2D eigenvalue weighted by Gasteiger charge is 2.55. The number of primary amides is 1. The molecule has 2 aromatic rings. The van der Waals surface area contributed by atoms with Gasteiger partial charge in [0.25, 0.3) is 5.91 Å². The van der Waals surface area contributed by atoms with Crippen molar-refractivity contribution in [3.05, 3.63) is 64.3 Å². The Morgan fingerprint density at radius 3 is 2.24 bits per heavy atom. The van der Waals surface area contributed by atoms with Crippen LogP contribution in [0.15, 0.2) is 42.1 Å². The fourth-order valence-corrected chi connectivity index (χ4v) is 8.06. The van der Waals surface area contributed by atoms with Crippen LogP contribution in [0.1, 0.15) is 40.4 Å². The smallest absolute Gasteiger partial charge is 0.272 e.